The van der Waals surface area contributed by atoms with Crippen molar-refractivity contribution in [1.82, 2.24) is 24.9 Å². The van der Waals surface area contributed by atoms with Crippen LogP contribution in [0.15, 0.2) is 53.4 Å². The van der Waals surface area contributed by atoms with E-state index in [0.717, 1.165) is 19.0 Å². The van der Waals surface area contributed by atoms with Gasteiger partial charge in [0.2, 0.25) is 0 Å². The first kappa shape index (κ1) is 22.6. The van der Waals surface area contributed by atoms with Crippen molar-refractivity contribution >= 4 is 11.8 Å². The van der Waals surface area contributed by atoms with E-state index in [4.69, 9.17) is 4.52 Å². The molecule has 1 fully saturated rings. The summed E-state index contributed by atoms with van der Waals surface area (Å²) < 4.78 is 35.3. The van der Waals surface area contributed by atoms with Gasteiger partial charge in [0.25, 0.3) is 0 Å². The Morgan fingerprint density at radius 2 is 1.94 bits per heavy atom. The first-order chi connectivity index (χ1) is 16.9. The first-order valence-corrected chi connectivity index (χ1v) is 11.2. The molecule has 9 nitrogen and oxygen atoms in total. The fourth-order valence-electron chi connectivity index (χ4n) is 4.37. The van der Waals surface area contributed by atoms with Crippen LogP contribution in [0.2, 0.25) is 0 Å². The standard InChI is InChI=1S/C24H22F2N6O3/c25-16-6-2-1-5-15(16)13-32-20(18-7-10-35-31-18)11-19(30-32)22-27-12-17(26)21(29-22)28-14-24(23(33)34)8-3-4-9-24/h1-2,5-7,10-12H,3-4,8-9,13-14H2,(H,33,34)(H,27,28,29). The Morgan fingerprint density at radius 1 is 1.14 bits per heavy atom. The summed E-state index contributed by atoms with van der Waals surface area (Å²) in [5, 5.41) is 21.0. The van der Waals surface area contributed by atoms with Crippen molar-refractivity contribution in [3.05, 3.63) is 66.1 Å². The molecule has 0 spiro atoms. The number of hydrogen-bond acceptors (Lipinski definition) is 7. The highest BCUT2D eigenvalue weighted by molar-refractivity contribution is 5.76. The van der Waals surface area contributed by atoms with Gasteiger partial charge in [0.1, 0.15) is 23.5 Å². The van der Waals surface area contributed by atoms with Crippen LogP contribution >= 0.6 is 0 Å². The molecule has 1 aliphatic carbocycles. The molecule has 4 aromatic rings. The summed E-state index contributed by atoms with van der Waals surface area (Å²) in [6, 6.07) is 9.65. The van der Waals surface area contributed by atoms with Gasteiger partial charge < -0.3 is 14.9 Å². The lowest BCUT2D eigenvalue weighted by Crippen LogP contribution is -2.35. The summed E-state index contributed by atoms with van der Waals surface area (Å²) in [4.78, 5) is 20.2. The van der Waals surface area contributed by atoms with Gasteiger partial charge >= 0.3 is 5.97 Å². The maximum atomic E-state index is 14.5. The van der Waals surface area contributed by atoms with Gasteiger partial charge in [-0.05, 0) is 25.0 Å². The fourth-order valence-corrected chi connectivity index (χ4v) is 4.37. The van der Waals surface area contributed by atoms with E-state index in [1.807, 2.05) is 0 Å². The lowest BCUT2D eigenvalue weighted by atomic mass is 9.86. The predicted octanol–water partition coefficient (Wildman–Crippen LogP) is 4.38. The Labute approximate surface area is 198 Å². The topological polar surface area (TPSA) is 119 Å². The average molecular weight is 480 g/mol. The highest BCUT2D eigenvalue weighted by atomic mass is 19.1. The van der Waals surface area contributed by atoms with Gasteiger partial charge in [-0.15, -0.1) is 0 Å². The molecule has 0 amide bonds. The zero-order valence-corrected chi connectivity index (χ0v) is 18.6. The molecule has 3 heterocycles. The largest absolute Gasteiger partial charge is 0.481 e. The van der Waals surface area contributed by atoms with Crippen LogP contribution in [0.1, 0.15) is 31.2 Å². The van der Waals surface area contributed by atoms with Crippen LogP contribution in [0.5, 0.6) is 0 Å². The van der Waals surface area contributed by atoms with E-state index in [1.165, 1.54) is 12.3 Å². The van der Waals surface area contributed by atoms with Crippen LogP contribution in [0.3, 0.4) is 0 Å². The van der Waals surface area contributed by atoms with E-state index < -0.39 is 17.2 Å². The maximum absolute atomic E-state index is 14.5. The summed E-state index contributed by atoms with van der Waals surface area (Å²) >= 11 is 0. The van der Waals surface area contributed by atoms with Crippen molar-refractivity contribution in [1.29, 1.82) is 0 Å². The monoisotopic (exact) mass is 480 g/mol. The van der Waals surface area contributed by atoms with Gasteiger partial charge in [0, 0.05) is 18.2 Å². The number of rotatable bonds is 8. The molecule has 180 valence electrons. The molecule has 1 aromatic carbocycles. The minimum atomic E-state index is -0.945. The Balaban J connectivity index is 1.47. The van der Waals surface area contributed by atoms with Crippen LogP contribution < -0.4 is 5.32 Å². The minimum Gasteiger partial charge on any atom is -0.481 e. The van der Waals surface area contributed by atoms with E-state index in [0.29, 0.717) is 35.5 Å². The molecule has 0 saturated heterocycles. The summed E-state index contributed by atoms with van der Waals surface area (Å²) in [6.45, 7) is 0.171. The van der Waals surface area contributed by atoms with Crippen molar-refractivity contribution in [2.45, 2.75) is 32.2 Å². The zero-order valence-electron chi connectivity index (χ0n) is 18.6. The van der Waals surface area contributed by atoms with E-state index >= 15 is 0 Å². The third-order valence-electron chi connectivity index (χ3n) is 6.34. The quantitative estimate of drug-likeness (QED) is 0.381. The molecule has 0 unspecified atom stereocenters. The smallest absolute Gasteiger partial charge is 0.311 e. The van der Waals surface area contributed by atoms with E-state index in [9.17, 15) is 18.7 Å². The van der Waals surface area contributed by atoms with Crippen molar-refractivity contribution in [2.24, 2.45) is 5.41 Å². The molecule has 0 radical (unpaired) electrons. The number of nitrogens with one attached hydrogen (secondary N) is 1. The van der Waals surface area contributed by atoms with Gasteiger partial charge in [0.15, 0.2) is 17.5 Å². The number of halogens is 2. The lowest BCUT2D eigenvalue weighted by molar-refractivity contribution is -0.147. The number of benzene rings is 1. The summed E-state index contributed by atoms with van der Waals surface area (Å²) in [7, 11) is 0. The van der Waals surface area contributed by atoms with Crippen LogP contribution in [0.4, 0.5) is 14.6 Å². The van der Waals surface area contributed by atoms with Gasteiger partial charge in [0.05, 0.1) is 23.9 Å². The number of aliphatic carboxylic acids is 1. The number of carboxylic acids is 1. The Kier molecular flexibility index (Phi) is 5.98. The van der Waals surface area contributed by atoms with Crippen molar-refractivity contribution in [2.75, 3.05) is 11.9 Å². The van der Waals surface area contributed by atoms with Crippen LogP contribution in [-0.2, 0) is 11.3 Å². The Hall–Kier alpha value is -4.15. The second-order valence-electron chi connectivity index (χ2n) is 8.58. The molecular weight excluding hydrogens is 458 g/mol. The fraction of sp³-hybridized carbons (Fsp3) is 0.292. The molecule has 0 atom stereocenters. The highest BCUT2D eigenvalue weighted by Crippen LogP contribution is 2.38. The Bertz CT molecular complexity index is 1350. The number of hydrogen-bond donors (Lipinski definition) is 2. The number of anilines is 1. The molecule has 11 heteroatoms. The molecule has 35 heavy (non-hydrogen) atoms. The summed E-state index contributed by atoms with van der Waals surface area (Å²) in [5.41, 5.74) is 0.806. The molecule has 5 rings (SSSR count). The summed E-state index contributed by atoms with van der Waals surface area (Å²) in [5.74, 6) is -1.95. The predicted molar refractivity (Wildman–Crippen MR) is 121 cm³/mol. The van der Waals surface area contributed by atoms with Gasteiger partial charge in [-0.1, -0.05) is 36.2 Å². The third kappa shape index (κ3) is 4.48. The van der Waals surface area contributed by atoms with E-state index in [2.05, 4.69) is 25.5 Å². The first-order valence-electron chi connectivity index (χ1n) is 11.2. The molecule has 3 aromatic heterocycles. The van der Waals surface area contributed by atoms with Gasteiger partial charge in [-0.25, -0.2) is 18.7 Å². The van der Waals surface area contributed by atoms with Crippen molar-refractivity contribution in [3.63, 3.8) is 0 Å². The number of aromatic nitrogens is 5. The van der Waals surface area contributed by atoms with Crippen LogP contribution in [0.25, 0.3) is 22.9 Å². The second-order valence-corrected chi connectivity index (χ2v) is 8.58. The molecule has 1 aliphatic rings. The number of nitrogens with zero attached hydrogens (tertiary/aromatic N) is 5. The van der Waals surface area contributed by atoms with Gasteiger partial charge in [-0.3, -0.25) is 9.48 Å². The molecule has 0 aliphatic heterocycles. The van der Waals surface area contributed by atoms with E-state index in [1.54, 1.807) is 35.0 Å². The summed E-state index contributed by atoms with van der Waals surface area (Å²) in [6.07, 6.45) is 5.10. The van der Waals surface area contributed by atoms with Crippen LogP contribution in [-0.4, -0.2) is 42.5 Å². The second kappa shape index (κ2) is 9.24. The minimum absolute atomic E-state index is 0.0572. The zero-order chi connectivity index (χ0) is 24.4. The van der Waals surface area contributed by atoms with E-state index in [-0.39, 0.29) is 30.5 Å². The highest BCUT2D eigenvalue weighted by Gasteiger charge is 2.41. The third-order valence-corrected chi connectivity index (χ3v) is 6.34. The number of carbonyl (C=O) groups is 1. The van der Waals surface area contributed by atoms with Crippen molar-refractivity contribution in [3.8, 4) is 22.9 Å². The lowest BCUT2D eigenvalue weighted by Gasteiger charge is -2.24. The number of carboxylic acid groups (broad SMARTS) is 1. The normalized spacial score (nSPS) is 14.8. The molecule has 2 N–H and O–H groups in total. The van der Waals surface area contributed by atoms with Crippen molar-refractivity contribution < 1.29 is 23.2 Å². The Morgan fingerprint density at radius 3 is 2.66 bits per heavy atom. The molecular formula is C24H22F2N6O3. The average Bonchev–Trinajstić information content (AvgIpc) is 3.61. The molecule has 1 saturated carbocycles. The van der Waals surface area contributed by atoms with Crippen LogP contribution in [0, 0.1) is 17.0 Å². The molecule has 0 bridgehead atoms. The maximum Gasteiger partial charge on any atom is 0.311 e. The SMILES string of the molecule is O=C(O)C1(CNc2nc(-c3cc(-c4ccon4)n(Cc4ccccc4F)n3)ncc2F)CCCC1. The van der Waals surface area contributed by atoms with Gasteiger partial charge in [-0.2, -0.15) is 5.10 Å².